The van der Waals surface area contributed by atoms with E-state index >= 15 is 0 Å². The van der Waals surface area contributed by atoms with Crippen molar-refractivity contribution in [1.29, 1.82) is 0 Å². The molecule has 1 aliphatic rings. The van der Waals surface area contributed by atoms with E-state index in [9.17, 15) is 4.79 Å². The fourth-order valence-electron chi connectivity index (χ4n) is 4.72. The van der Waals surface area contributed by atoms with Gasteiger partial charge in [-0.25, -0.2) is 5.43 Å². The van der Waals surface area contributed by atoms with Crippen molar-refractivity contribution in [3.63, 3.8) is 0 Å². The largest absolute Gasteiger partial charge is 0.493 e. The standard InChI is InChI=1S/C30H36N4O3/c1-23(26-14-15-27(36-2)28(22-26)37-3)31-32-29(35)16-17-33-18-20-34(21-19-33)30(24-10-6-4-7-11-24)25-12-8-5-9-13-25/h4-15,22,30H,16-21H2,1-3H3,(H,32,35)/b31-23+. The molecule has 0 unspecified atom stereocenters. The van der Waals surface area contributed by atoms with Gasteiger partial charge in [0.15, 0.2) is 11.5 Å². The summed E-state index contributed by atoms with van der Waals surface area (Å²) in [6, 6.07) is 27.2. The van der Waals surface area contributed by atoms with Gasteiger partial charge in [-0.3, -0.25) is 9.69 Å². The number of nitrogens with one attached hydrogen (secondary N) is 1. The molecule has 1 heterocycles. The minimum absolute atomic E-state index is 0.0892. The highest BCUT2D eigenvalue weighted by Crippen LogP contribution is 2.30. The van der Waals surface area contributed by atoms with Crippen LogP contribution in [0.3, 0.4) is 0 Å². The number of carbonyl (C=O) groups is 1. The number of hydrazone groups is 1. The first kappa shape index (κ1) is 26.4. The summed E-state index contributed by atoms with van der Waals surface area (Å²) in [6.07, 6.45) is 0.406. The van der Waals surface area contributed by atoms with Gasteiger partial charge in [-0.15, -0.1) is 0 Å². The molecule has 3 aromatic rings. The van der Waals surface area contributed by atoms with Crippen LogP contribution in [-0.4, -0.2) is 68.4 Å². The summed E-state index contributed by atoms with van der Waals surface area (Å²) < 4.78 is 10.6. The Labute approximate surface area is 219 Å². The summed E-state index contributed by atoms with van der Waals surface area (Å²) in [5.74, 6) is 1.19. The number of piperazine rings is 1. The first-order chi connectivity index (χ1) is 18.1. The van der Waals surface area contributed by atoms with Crippen LogP contribution in [0.4, 0.5) is 0 Å². The Morgan fingerprint density at radius 1 is 0.865 bits per heavy atom. The van der Waals surface area contributed by atoms with Crippen LogP contribution >= 0.6 is 0 Å². The van der Waals surface area contributed by atoms with Gasteiger partial charge in [0.1, 0.15) is 0 Å². The van der Waals surface area contributed by atoms with Crippen LogP contribution in [0.15, 0.2) is 84.0 Å². The summed E-state index contributed by atoms with van der Waals surface area (Å²) in [6.45, 7) is 6.33. The van der Waals surface area contributed by atoms with Crippen molar-refractivity contribution in [2.45, 2.75) is 19.4 Å². The van der Waals surface area contributed by atoms with Gasteiger partial charge in [-0.1, -0.05) is 60.7 Å². The van der Waals surface area contributed by atoms with Crippen molar-refractivity contribution in [2.75, 3.05) is 46.9 Å². The van der Waals surface area contributed by atoms with Crippen molar-refractivity contribution in [1.82, 2.24) is 15.2 Å². The number of carbonyl (C=O) groups excluding carboxylic acids is 1. The molecule has 0 aliphatic carbocycles. The van der Waals surface area contributed by atoms with E-state index in [-0.39, 0.29) is 11.9 Å². The van der Waals surface area contributed by atoms with Crippen LogP contribution in [0, 0.1) is 0 Å². The van der Waals surface area contributed by atoms with Crippen LogP contribution in [0.5, 0.6) is 11.5 Å². The van der Waals surface area contributed by atoms with E-state index in [2.05, 4.69) is 81.0 Å². The third kappa shape index (κ3) is 6.96. The third-order valence-corrected chi connectivity index (χ3v) is 6.81. The molecule has 0 spiro atoms. The van der Waals surface area contributed by atoms with E-state index in [4.69, 9.17) is 9.47 Å². The summed E-state index contributed by atoms with van der Waals surface area (Å²) in [7, 11) is 3.20. The molecular weight excluding hydrogens is 464 g/mol. The van der Waals surface area contributed by atoms with Gasteiger partial charge in [-0.05, 0) is 36.2 Å². The lowest BCUT2D eigenvalue weighted by Gasteiger charge is -2.39. The number of rotatable bonds is 10. The zero-order valence-electron chi connectivity index (χ0n) is 21.9. The molecule has 1 saturated heterocycles. The second kappa shape index (κ2) is 13.0. The number of hydrogen-bond donors (Lipinski definition) is 1. The van der Waals surface area contributed by atoms with Gasteiger partial charge in [0.2, 0.25) is 5.91 Å². The highest BCUT2D eigenvalue weighted by Gasteiger charge is 2.26. The lowest BCUT2D eigenvalue weighted by molar-refractivity contribution is -0.121. The van der Waals surface area contributed by atoms with E-state index < -0.39 is 0 Å². The van der Waals surface area contributed by atoms with Gasteiger partial charge in [0.05, 0.1) is 26.0 Å². The summed E-state index contributed by atoms with van der Waals surface area (Å²) in [5.41, 5.74) is 6.88. The molecule has 0 radical (unpaired) electrons. The molecule has 37 heavy (non-hydrogen) atoms. The summed E-state index contributed by atoms with van der Waals surface area (Å²) in [4.78, 5) is 17.4. The monoisotopic (exact) mass is 500 g/mol. The van der Waals surface area contributed by atoms with Gasteiger partial charge in [0, 0.05) is 44.7 Å². The van der Waals surface area contributed by atoms with Gasteiger partial charge in [-0.2, -0.15) is 5.10 Å². The first-order valence-corrected chi connectivity index (χ1v) is 12.7. The number of ether oxygens (including phenoxy) is 2. The van der Waals surface area contributed by atoms with Crippen molar-refractivity contribution < 1.29 is 14.3 Å². The molecule has 1 amide bonds. The van der Waals surface area contributed by atoms with Crippen LogP contribution < -0.4 is 14.9 Å². The van der Waals surface area contributed by atoms with E-state index in [0.29, 0.717) is 30.2 Å². The number of methoxy groups -OCH3 is 2. The maximum atomic E-state index is 12.5. The topological polar surface area (TPSA) is 66.4 Å². The maximum absolute atomic E-state index is 12.5. The van der Waals surface area contributed by atoms with Gasteiger partial charge in [0.25, 0.3) is 0 Å². The van der Waals surface area contributed by atoms with Gasteiger partial charge >= 0.3 is 0 Å². The minimum Gasteiger partial charge on any atom is -0.493 e. The highest BCUT2D eigenvalue weighted by atomic mass is 16.5. The molecular formula is C30H36N4O3. The zero-order chi connectivity index (χ0) is 26.0. The Kier molecular flexibility index (Phi) is 9.29. The molecule has 4 rings (SSSR count). The van der Waals surface area contributed by atoms with E-state index in [1.165, 1.54) is 11.1 Å². The number of amides is 1. The predicted octanol–water partition coefficient (Wildman–Crippen LogP) is 4.34. The Morgan fingerprint density at radius 3 is 2.03 bits per heavy atom. The average Bonchev–Trinajstić information content (AvgIpc) is 2.96. The molecule has 0 aromatic heterocycles. The molecule has 7 nitrogen and oxygen atoms in total. The number of benzene rings is 3. The molecule has 0 bridgehead atoms. The number of hydrogen-bond acceptors (Lipinski definition) is 6. The third-order valence-electron chi connectivity index (χ3n) is 6.81. The van der Waals surface area contributed by atoms with Crippen molar-refractivity contribution in [2.24, 2.45) is 5.10 Å². The van der Waals surface area contributed by atoms with Crippen LogP contribution in [0.25, 0.3) is 0 Å². The van der Waals surface area contributed by atoms with Gasteiger partial charge < -0.3 is 14.4 Å². The van der Waals surface area contributed by atoms with E-state index in [1.807, 2.05) is 25.1 Å². The maximum Gasteiger partial charge on any atom is 0.241 e. The molecule has 7 heteroatoms. The molecule has 0 saturated carbocycles. The molecule has 0 atom stereocenters. The number of nitrogens with zero attached hydrogens (tertiary/aromatic N) is 3. The molecule has 1 fully saturated rings. The van der Waals surface area contributed by atoms with Crippen molar-refractivity contribution in [3.8, 4) is 11.5 Å². The zero-order valence-corrected chi connectivity index (χ0v) is 21.9. The van der Waals surface area contributed by atoms with Crippen LogP contribution in [0.1, 0.15) is 36.1 Å². The molecule has 194 valence electrons. The summed E-state index contributed by atoms with van der Waals surface area (Å²) >= 11 is 0. The molecule has 1 aliphatic heterocycles. The SMILES string of the molecule is COc1ccc(/C(C)=N/NC(=O)CCN2CCN(C(c3ccccc3)c3ccccc3)CC2)cc1OC. The lowest BCUT2D eigenvalue weighted by atomic mass is 9.96. The average molecular weight is 501 g/mol. The summed E-state index contributed by atoms with van der Waals surface area (Å²) in [5, 5.41) is 4.29. The smallest absolute Gasteiger partial charge is 0.241 e. The fourth-order valence-corrected chi connectivity index (χ4v) is 4.72. The minimum atomic E-state index is -0.0892. The predicted molar refractivity (Wildman–Crippen MR) is 147 cm³/mol. The second-order valence-electron chi connectivity index (χ2n) is 9.15. The quantitative estimate of drug-likeness (QED) is 0.331. The van der Waals surface area contributed by atoms with E-state index in [1.54, 1.807) is 14.2 Å². The Morgan fingerprint density at radius 2 is 1.46 bits per heavy atom. The van der Waals surface area contributed by atoms with Crippen molar-refractivity contribution >= 4 is 11.6 Å². The Bertz CT molecular complexity index is 1140. The Balaban J connectivity index is 1.28. The van der Waals surface area contributed by atoms with Crippen LogP contribution in [0.2, 0.25) is 0 Å². The van der Waals surface area contributed by atoms with Crippen molar-refractivity contribution in [3.05, 3.63) is 95.6 Å². The van der Waals surface area contributed by atoms with E-state index in [0.717, 1.165) is 31.7 Å². The lowest BCUT2D eigenvalue weighted by Crippen LogP contribution is -2.48. The van der Waals surface area contributed by atoms with Crippen LogP contribution in [-0.2, 0) is 4.79 Å². The second-order valence-corrected chi connectivity index (χ2v) is 9.15. The molecule has 3 aromatic carbocycles. The Hall–Kier alpha value is -3.68. The highest BCUT2D eigenvalue weighted by molar-refractivity contribution is 5.99. The molecule has 1 N–H and O–H groups in total. The normalized spacial score (nSPS) is 15.0. The first-order valence-electron chi connectivity index (χ1n) is 12.7. The fraction of sp³-hybridized carbons (Fsp3) is 0.333.